The summed E-state index contributed by atoms with van der Waals surface area (Å²) >= 11 is 0. The fourth-order valence-corrected chi connectivity index (χ4v) is 8.21. The van der Waals surface area contributed by atoms with E-state index in [9.17, 15) is 4.79 Å². The summed E-state index contributed by atoms with van der Waals surface area (Å²) < 4.78 is 0. The Kier molecular flexibility index (Phi) is 4.19. The van der Waals surface area contributed by atoms with Crippen molar-refractivity contribution in [3.8, 4) is 0 Å². The summed E-state index contributed by atoms with van der Waals surface area (Å²) in [5, 5.41) is -0.329. The van der Waals surface area contributed by atoms with Crippen LogP contribution < -0.4 is 0 Å². The van der Waals surface area contributed by atoms with Gasteiger partial charge in [0, 0.05) is 16.0 Å². The molecule has 4 rings (SSSR count). The smallest absolute Gasteiger partial charge is 0.167 e. The van der Waals surface area contributed by atoms with E-state index in [1.54, 1.807) is 0 Å². The van der Waals surface area contributed by atoms with Gasteiger partial charge in [-0.2, -0.15) is 0 Å². The van der Waals surface area contributed by atoms with E-state index in [0.717, 1.165) is 12.0 Å². The monoisotopic (exact) mass is 370 g/mol. The van der Waals surface area contributed by atoms with Gasteiger partial charge in [0.25, 0.3) is 0 Å². The SMILES string of the molecule is C[Si](C)(C)[C@]1(C(=O)c2ccccc2)CC1(c1ccccc1)c1ccccc1. The molecule has 0 amide bonds. The molecular formula is C25H26OSi. The van der Waals surface area contributed by atoms with Gasteiger partial charge in [0.2, 0.25) is 0 Å². The zero-order chi connectivity index (χ0) is 19.1. The summed E-state index contributed by atoms with van der Waals surface area (Å²) in [6.45, 7) is 7.05. The van der Waals surface area contributed by atoms with Gasteiger partial charge in [0.1, 0.15) is 0 Å². The number of rotatable bonds is 5. The highest BCUT2D eigenvalue weighted by Gasteiger charge is 2.77. The summed E-state index contributed by atoms with van der Waals surface area (Å²) in [4.78, 5) is 14.0. The van der Waals surface area contributed by atoms with Crippen molar-refractivity contribution in [1.82, 2.24) is 0 Å². The fraction of sp³-hybridized carbons (Fsp3) is 0.240. The molecule has 3 aromatic carbocycles. The van der Waals surface area contributed by atoms with E-state index in [-0.39, 0.29) is 10.5 Å². The quantitative estimate of drug-likeness (QED) is 0.378. The van der Waals surface area contributed by atoms with Gasteiger partial charge in [0.15, 0.2) is 5.78 Å². The van der Waals surface area contributed by atoms with E-state index >= 15 is 0 Å². The molecule has 27 heavy (non-hydrogen) atoms. The molecule has 136 valence electrons. The van der Waals surface area contributed by atoms with E-state index < -0.39 is 8.07 Å². The van der Waals surface area contributed by atoms with Gasteiger partial charge < -0.3 is 0 Å². The third-order valence-corrected chi connectivity index (χ3v) is 9.76. The lowest BCUT2D eigenvalue weighted by atomic mass is 9.83. The molecular weight excluding hydrogens is 344 g/mol. The van der Waals surface area contributed by atoms with Crippen LogP contribution in [-0.2, 0) is 5.41 Å². The lowest BCUT2D eigenvalue weighted by Crippen LogP contribution is -2.41. The lowest BCUT2D eigenvalue weighted by molar-refractivity contribution is 0.0964. The Morgan fingerprint density at radius 3 is 1.52 bits per heavy atom. The van der Waals surface area contributed by atoms with Crippen LogP contribution >= 0.6 is 0 Å². The van der Waals surface area contributed by atoms with Gasteiger partial charge in [0.05, 0.1) is 8.07 Å². The topological polar surface area (TPSA) is 17.1 Å². The summed E-state index contributed by atoms with van der Waals surface area (Å²) in [5.74, 6) is 0.315. The first-order valence-corrected chi connectivity index (χ1v) is 13.1. The largest absolute Gasteiger partial charge is 0.294 e. The van der Waals surface area contributed by atoms with Gasteiger partial charge >= 0.3 is 0 Å². The van der Waals surface area contributed by atoms with Crippen molar-refractivity contribution < 1.29 is 4.79 Å². The van der Waals surface area contributed by atoms with Crippen molar-refractivity contribution in [2.45, 2.75) is 36.5 Å². The number of hydrogen-bond acceptors (Lipinski definition) is 1. The molecule has 2 heteroatoms. The normalized spacial score (nSPS) is 20.9. The minimum absolute atomic E-state index is 0.229. The van der Waals surface area contributed by atoms with Crippen LogP contribution in [-0.4, -0.2) is 13.9 Å². The van der Waals surface area contributed by atoms with E-state index in [4.69, 9.17) is 0 Å². The molecule has 3 aromatic rings. The Morgan fingerprint density at radius 1 is 0.704 bits per heavy atom. The molecule has 1 aliphatic rings. The standard InChI is InChI=1S/C25H26OSi/c1-27(2,3)25(23(26)20-13-7-4-8-14-20)19-24(25,21-15-9-5-10-16-21)22-17-11-6-12-18-22/h4-18H,19H2,1-3H3/t25-/m0/s1. The molecule has 1 atom stereocenters. The summed E-state index contributed by atoms with van der Waals surface area (Å²) in [5.41, 5.74) is 3.15. The van der Waals surface area contributed by atoms with Crippen LogP contribution in [0.2, 0.25) is 24.7 Å². The predicted octanol–water partition coefficient (Wildman–Crippen LogP) is 6.34. The van der Waals surface area contributed by atoms with Gasteiger partial charge in [-0.05, 0) is 17.5 Å². The number of Topliss-reactive ketones (excluding diaryl/α,β-unsaturated/α-hetero) is 1. The molecule has 0 heterocycles. The van der Waals surface area contributed by atoms with Crippen LogP contribution in [0.15, 0.2) is 91.0 Å². The number of benzene rings is 3. The van der Waals surface area contributed by atoms with Crippen LogP contribution in [0, 0.1) is 0 Å². The molecule has 0 saturated heterocycles. The zero-order valence-electron chi connectivity index (χ0n) is 16.3. The molecule has 1 nitrogen and oxygen atoms in total. The van der Waals surface area contributed by atoms with Crippen LogP contribution in [0.25, 0.3) is 0 Å². The molecule has 0 aliphatic heterocycles. The average molecular weight is 371 g/mol. The third kappa shape index (κ3) is 2.54. The van der Waals surface area contributed by atoms with Crippen LogP contribution in [0.4, 0.5) is 0 Å². The third-order valence-electron chi connectivity index (χ3n) is 6.37. The highest BCUT2D eigenvalue weighted by molar-refractivity contribution is 6.84. The Balaban J connectivity index is 1.97. The first-order chi connectivity index (χ1) is 12.9. The van der Waals surface area contributed by atoms with Gasteiger partial charge in [-0.3, -0.25) is 4.79 Å². The summed E-state index contributed by atoms with van der Waals surface area (Å²) in [7, 11) is -1.87. The second-order valence-corrected chi connectivity index (χ2v) is 14.0. The van der Waals surface area contributed by atoms with E-state index in [2.05, 4.69) is 80.3 Å². The fourth-order valence-electron chi connectivity index (χ4n) is 5.02. The minimum atomic E-state index is -1.87. The second-order valence-electron chi connectivity index (χ2n) is 8.66. The average Bonchev–Trinajstić information content (AvgIpc) is 3.43. The zero-order valence-corrected chi connectivity index (χ0v) is 17.3. The van der Waals surface area contributed by atoms with E-state index in [0.29, 0.717) is 5.78 Å². The molecule has 0 bridgehead atoms. The molecule has 1 fully saturated rings. The van der Waals surface area contributed by atoms with Crippen LogP contribution in [0.5, 0.6) is 0 Å². The maximum Gasteiger partial charge on any atom is 0.167 e. The lowest BCUT2D eigenvalue weighted by Gasteiger charge is -2.35. The first kappa shape index (κ1) is 17.9. The highest BCUT2D eigenvalue weighted by atomic mass is 28.3. The van der Waals surface area contributed by atoms with E-state index in [1.807, 2.05) is 30.3 Å². The van der Waals surface area contributed by atoms with Crippen molar-refractivity contribution in [2.24, 2.45) is 0 Å². The minimum Gasteiger partial charge on any atom is -0.294 e. The second kappa shape index (κ2) is 6.31. The maximum atomic E-state index is 14.0. The van der Waals surface area contributed by atoms with Crippen LogP contribution in [0.3, 0.4) is 0 Å². The molecule has 1 aliphatic carbocycles. The van der Waals surface area contributed by atoms with E-state index in [1.165, 1.54) is 11.1 Å². The van der Waals surface area contributed by atoms with Crippen molar-refractivity contribution in [3.05, 3.63) is 108 Å². The Hall–Kier alpha value is -2.45. The Bertz CT molecular complexity index is 902. The number of carbonyl (C=O) groups is 1. The van der Waals surface area contributed by atoms with Crippen molar-refractivity contribution in [2.75, 3.05) is 0 Å². The van der Waals surface area contributed by atoms with Gasteiger partial charge in [-0.1, -0.05) is 111 Å². The van der Waals surface area contributed by atoms with Crippen molar-refractivity contribution in [3.63, 3.8) is 0 Å². The van der Waals surface area contributed by atoms with Crippen LogP contribution in [0.1, 0.15) is 27.9 Å². The summed E-state index contributed by atoms with van der Waals surface area (Å²) in [6.07, 6.45) is 0.900. The van der Waals surface area contributed by atoms with Crippen molar-refractivity contribution in [1.29, 1.82) is 0 Å². The molecule has 1 saturated carbocycles. The highest BCUT2D eigenvalue weighted by Crippen LogP contribution is 2.78. The molecule has 0 spiro atoms. The molecule has 0 radical (unpaired) electrons. The molecule has 0 unspecified atom stereocenters. The number of carbonyl (C=O) groups excluding carboxylic acids is 1. The Morgan fingerprint density at radius 2 is 1.11 bits per heavy atom. The predicted molar refractivity (Wildman–Crippen MR) is 115 cm³/mol. The first-order valence-electron chi connectivity index (χ1n) is 9.64. The van der Waals surface area contributed by atoms with Gasteiger partial charge in [-0.15, -0.1) is 0 Å². The molecule has 0 aromatic heterocycles. The van der Waals surface area contributed by atoms with Crippen molar-refractivity contribution >= 4 is 13.9 Å². The molecule has 0 N–H and O–H groups in total. The Labute approximate surface area is 163 Å². The maximum absolute atomic E-state index is 14.0. The van der Waals surface area contributed by atoms with Gasteiger partial charge in [-0.25, -0.2) is 0 Å². The summed E-state index contributed by atoms with van der Waals surface area (Å²) in [6, 6.07) is 31.2. The number of ketones is 1. The number of hydrogen-bond donors (Lipinski definition) is 0.